The molecule has 31 heavy (non-hydrogen) atoms. The molecule has 1 aliphatic carbocycles. The molecule has 4 rings (SSSR count). The van der Waals surface area contributed by atoms with Crippen LogP contribution in [0.15, 0.2) is 48.8 Å². The molecule has 1 saturated heterocycles. The first kappa shape index (κ1) is 21.5. The van der Waals surface area contributed by atoms with Gasteiger partial charge in [0.15, 0.2) is 0 Å². The first-order valence-corrected chi connectivity index (χ1v) is 11.6. The number of likely N-dealkylation sites (tertiary alicyclic amines) is 1. The number of pyridine rings is 1. The summed E-state index contributed by atoms with van der Waals surface area (Å²) in [5.74, 6) is 0.449. The maximum Gasteiger partial charge on any atom is 0.228 e. The summed E-state index contributed by atoms with van der Waals surface area (Å²) in [6.07, 6.45) is 11.4. The summed E-state index contributed by atoms with van der Waals surface area (Å²) in [4.78, 5) is 32.5. The smallest absolute Gasteiger partial charge is 0.228 e. The lowest BCUT2D eigenvalue weighted by atomic mass is 9.73. The first-order valence-electron chi connectivity index (χ1n) is 11.6. The third-order valence-corrected chi connectivity index (χ3v) is 7.03. The minimum absolute atomic E-state index is 0.0444. The van der Waals surface area contributed by atoms with Crippen molar-refractivity contribution >= 4 is 11.8 Å². The zero-order valence-corrected chi connectivity index (χ0v) is 18.5. The Hall–Kier alpha value is -2.69. The molecule has 2 amide bonds. The van der Waals surface area contributed by atoms with E-state index in [1.165, 1.54) is 6.42 Å². The second-order valence-electron chi connectivity index (χ2n) is 9.17. The Labute approximate surface area is 185 Å². The Bertz CT molecular complexity index is 908. The van der Waals surface area contributed by atoms with Crippen LogP contribution in [0.2, 0.25) is 0 Å². The molecule has 5 heteroatoms. The van der Waals surface area contributed by atoms with Crippen LogP contribution in [0.5, 0.6) is 0 Å². The average molecular weight is 420 g/mol. The molecule has 0 bridgehead atoms. The molecule has 1 aromatic carbocycles. The fourth-order valence-corrected chi connectivity index (χ4v) is 5.40. The third-order valence-electron chi connectivity index (χ3n) is 7.03. The van der Waals surface area contributed by atoms with Crippen LogP contribution in [0, 0.1) is 11.3 Å². The molecule has 2 fully saturated rings. The molecule has 2 aliphatic rings. The molecule has 1 N–H and O–H groups in total. The minimum atomic E-state index is -0.575. The van der Waals surface area contributed by atoms with Crippen LogP contribution >= 0.6 is 0 Å². The van der Waals surface area contributed by atoms with Gasteiger partial charge in [0.2, 0.25) is 11.8 Å². The number of rotatable bonds is 5. The summed E-state index contributed by atoms with van der Waals surface area (Å²) in [6.45, 7) is 1.28. The molecule has 1 atom stereocenters. The van der Waals surface area contributed by atoms with Crippen LogP contribution in [-0.2, 0) is 16.0 Å². The molecule has 1 aliphatic heterocycles. The molecule has 1 aromatic heterocycles. The predicted molar refractivity (Wildman–Crippen MR) is 122 cm³/mol. The van der Waals surface area contributed by atoms with Gasteiger partial charge in [0.1, 0.15) is 0 Å². The first-order chi connectivity index (χ1) is 15.1. The highest BCUT2D eigenvalue weighted by Gasteiger charge is 2.44. The minimum Gasteiger partial charge on any atom is -0.359 e. The van der Waals surface area contributed by atoms with E-state index in [1.54, 1.807) is 19.4 Å². The number of piperidine rings is 1. The molecule has 164 valence electrons. The molecular weight excluding hydrogens is 386 g/mol. The summed E-state index contributed by atoms with van der Waals surface area (Å²) in [7, 11) is 1.71. The van der Waals surface area contributed by atoms with Crippen LogP contribution in [0.1, 0.15) is 50.5 Å². The SMILES string of the molecule is CNC(=O)[C@@]1(Cc2cccc(-c3ccncc3)c2)CCCN(C(=O)C2CCCCC2)C1. The zero-order valence-electron chi connectivity index (χ0n) is 18.5. The molecule has 0 spiro atoms. The van der Waals surface area contributed by atoms with Crippen LogP contribution < -0.4 is 5.32 Å². The van der Waals surface area contributed by atoms with Gasteiger partial charge in [-0.25, -0.2) is 0 Å². The Morgan fingerprint density at radius 2 is 1.84 bits per heavy atom. The van der Waals surface area contributed by atoms with E-state index in [0.29, 0.717) is 13.0 Å². The summed E-state index contributed by atoms with van der Waals surface area (Å²) in [5, 5.41) is 2.90. The molecular formula is C26H33N3O2. The molecule has 5 nitrogen and oxygen atoms in total. The highest BCUT2D eigenvalue weighted by Crippen LogP contribution is 2.37. The largest absolute Gasteiger partial charge is 0.359 e. The second kappa shape index (κ2) is 9.63. The fourth-order valence-electron chi connectivity index (χ4n) is 5.40. The lowest BCUT2D eigenvalue weighted by Gasteiger charge is -2.43. The van der Waals surface area contributed by atoms with Crippen molar-refractivity contribution in [2.24, 2.45) is 11.3 Å². The lowest BCUT2D eigenvalue weighted by molar-refractivity contribution is -0.144. The van der Waals surface area contributed by atoms with Gasteiger partial charge in [-0.2, -0.15) is 0 Å². The van der Waals surface area contributed by atoms with Crippen molar-refractivity contribution in [1.29, 1.82) is 0 Å². The quantitative estimate of drug-likeness (QED) is 0.789. The summed E-state index contributed by atoms with van der Waals surface area (Å²) < 4.78 is 0. The topological polar surface area (TPSA) is 62.3 Å². The van der Waals surface area contributed by atoms with Crippen molar-refractivity contribution in [2.45, 2.75) is 51.4 Å². The van der Waals surface area contributed by atoms with Crippen molar-refractivity contribution in [3.63, 3.8) is 0 Å². The third kappa shape index (κ3) is 4.81. The van der Waals surface area contributed by atoms with E-state index in [9.17, 15) is 9.59 Å². The number of amides is 2. The van der Waals surface area contributed by atoms with Crippen molar-refractivity contribution in [2.75, 3.05) is 20.1 Å². The van der Waals surface area contributed by atoms with E-state index in [0.717, 1.165) is 61.8 Å². The van der Waals surface area contributed by atoms with Crippen LogP contribution in [0.25, 0.3) is 11.1 Å². The number of hydrogen-bond donors (Lipinski definition) is 1. The molecule has 2 aromatic rings. The molecule has 1 saturated carbocycles. The fraction of sp³-hybridized carbons (Fsp3) is 0.500. The van der Waals surface area contributed by atoms with Crippen LogP contribution in [0.3, 0.4) is 0 Å². The van der Waals surface area contributed by atoms with Gasteiger partial charge in [0.25, 0.3) is 0 Å². The van der Waals surface area contributed by atoms with E-state index < -0.39 is 5.41 Å². The monoisotopic (exact) mass is 419 g/mol. The highest BCUT2D eigenvalue weighted by molar-refractivity contribution is 5.85. The van der Waals surface area contributed by atoms with Crippen LogP contribution in [-0.4, -0.2) is 41.8 Å². The maximum atomic E-state index is 13.2. The standard InChI is InChI=1S/C26H33N3O2/c1-27-25(31)26(13-6-16-29(19-26)24(30)22-8-3-2-4-9-22)18-20-7-5-10-23(17-20)21-11-14-28-15-12-21/h5,7,10-12,14-15,17,22H,2-4,6,8-9,13,16,18-19H2,1H3,(H,27,31)/t26-/m1/s1. The summed E-state index contributed by atoms with van der Waals surface area (Å²) in [5.41, 5.74) is 2.79. The molecule has 2 heterocycles. The van der Waals surface area contributed by atoms with Gasteiger partial charge in [-0.15, -0.1) is 0 Å². The van der Waals surface area contributed by atoms with Crippen molar-refractivity contribution in [3.8, 4) is 11.1 Å². The van der Waals surface area contributed by atoms with Gasteiger partial charge in [-0.3, -0.25) is 14.6 Å². The number of hydrogen-bond acceptors (Lipinski definition) is 3. The van der Waals surface area contributed by atoms with Crippen molar-refractivity contribution < 1.29 is 9.59 Å². The number of carbonyl (C=O) groups excluding carboxylic acids is 2. The maximum absolute atomic E-state index is 13.2. The van der Waals surface area contributed by atoms with E-state index in [2.05, 4.69) is 34.6 Å². The Morgan fingerprint density at radius 3 is 2.58 bits per heavy atom. The van der Waals surface area contributed by atoms with E-state index in [-0.39, 0.29) is 17.7 Å². The Morgan fingerprint density at radius 1 is 1.06 bits per heavy atom. The van der Waals surface area contributed by atoms with Crippen molar-refractivity contribution in [3.05, 3.63) is 54.4 Å². The van der Waals surface area contributed by atoms with E-state index in [4.69, 9.17) is 0 Å². The Balaban J connectivity index is 1.57. The van der Waals surface area contributed by atoms with Gasteiger partial charge < -0.3 is 10.2 Å². The summed E-state index contributed by atoms with van der Waals surface area (Å²) >= 11 is 0. The number of aromatic nitrogens is 1. The van der Waals surface area contributed by atoms with Crippen molar-refractivity contribution in [1.82, 2.24) is 15.2 Å². The van der Waals surface area contributed by atoms with Gasteiger partial charge in [0.05, 0.1) is 5.41 Å². The molecule has 0 unspecified atom stereocenters. The second-order valence-corrected chi connectivity index (χ2v) is 9.17. The number of nitrogens with one attached hydrogen (secondary N) is 1. The normalized spacial score (nSPS) is 22.2. The van der Waals surface area contributed by atoms with Gasteiger partial charge >= 0.3 is 0 Å². The molecule has 0 radical (unpaired) electrons. The number of carbonyl (C=O) groups is 2. The summed E-state index contributed by atoms with van der Waals surface area (Å²) in [6, 6.07) is 12.4. The number of benzene rings is 1. The average Bonchev–Trinajstić information content (AvgIpc) is 2.84. The van der Waals surface area contributed by atoms with E-state index in [1.807, 2.05) is 17.0 Å². The van der Waals surface area contributed by atoms with Gasteiger partial charge in [0, 0.05) is 38.4 Å². The zero-order chi connectivity index (χ0) is 21.7. The Kier molecular flexibility index (Phi) is 6.69. The van der Waals surface area contributed by atoms with Crippen LogP contribution in [0.4, 0.5) is 0 Å². The van der Waals surface area contributed by atoms with Gasteiger partial charge in [-0.1, -0.05) is 43.5 Å². The lowest BCUT2D eigenvalue weighted by Crippen LogP contribution is -2.55. The van der Waals surface area contributed by atoms with Gasteiger partial charge in [-0.05, 0) is 60.9 Å². The highest BCUT2D eigenvalue weighted by atomic mass is 16.2. The predicted octanol–water partition coefficient (Wildman–Crippen LogP) is 4.23. The number of nitrogens with zero attached hydrogens (tertiary/aromatic N) is 2. The van der Waals surface area contributed by atoms with E-state index >= 15 is 0 Å².